The number of nitrogen functional groups attached to an aromatic ring is 1. The van der Waals surface area contributed by atoms with Crippen LogP contribution in [-0.2, 0) is 0 Å². The monoisotopic (exact) mass is 286 g/mol. The van der Waals surface area contributed by atoms with Gasteiger partial charge >= 0.3 is 0 Å². The zero-order valence-corrected chi connectivity index (χ0v) is 11.2. The minimum absolute atomic E-state index is 0.280. The minimum atomic E-state index is 0.280. The smallest absolute Gasteiger partial charge is 0.0608 e. The van der Waals surface area contributed by atoms with E-state index in [0.29, 0.717) is 0 Å². The first-order valence-corrected chi connectivity index (χ1v) is 6.31. The number of nitrogens with two attached hydrogens (primary N) is 1. The Morgan fingerprint density at radius 3 is 2.75 bits per heavy atom. The molecule has 0 aliphatic heterocycles. The Morgan fingerprint density at radius 1 is 1.31 bits per heavy atom. The summed E-state index contributed by atoms with van der Waals surface area (Å²) >= 11 is 3.44. The van der Waals surface area contributed by atoms with E-state index in [1.165, 1.54) is 0 Å². The molecule has 0 aliphatic rings. The maximum Gasteiger partial charge on any atom is 0.0608 e. The minimum Gasteiger partial charge on any atom is -0.397 e. The predicted octanol–water partition coefficient (Wildman–Crippen LogP) is 2.63. The van der Waals surface area contributed by atoms with Crippen LogP contribution in [0.5, 0.6) is 0 Å². The van der Waals surface area contributed by atoms with Gasteiger partial charge in [0.2, 0.25) is 0 Å². The molecule has 0 aromatic heterocycles. The van der Waals surface area contributed by atoms with Gasteiger partial charge in [-0.25, -0.2) is 0 Å². The SMILES string of the molecule is CN(CCCCCO)c1cc(Br)ccc1N. The fourth-order valence-corrected chi connectivity index (χ4v) is 1.95. The van der Waals surface area contributed by atoms with Gasteiger partial charge in [-0.3, -0.25) is 0 Å². The first kappa shape index (κ1) is 13.3. The number of benzene rings is 1. The van der Waals surface area contributed by atoms with Crippen molar-refractivity contribution < 1.29 is 5.11 Å². The summed E-state index contributed by atoms with van der Waals surface area (Å²) in [4.78, 5) is 2.15. The van der Waals surface area contributed by atoms with Gasteiger partial charge in [0.05, 0.1) is 11.4 Å². The molecule has 0 amide bonds. The highest BCUT2D eigenvalue weighted by Crippen LogP contribution is 2.26. The van der Waals surface area contributed by atoms with Crippen LogP contribution in [0.4, 0.5) is 11.4 Å². The normalized spacial score (nSPS) is 10.4. The molecule has 0 unspecified atom stereocenters. The van der Waals surface area contributed by atoms with E-state index in [1.54, 1.807) is 0 Å². The third-order valence-electron chi connectivity index (χ3n) is 2.56. The summed E-state index contributed by atoms with van der Waals surface area (Å²) in [6.45, 7) is 1.24. The van der Waals surface area contributed by atoms with Gasteiger partial charge in [0, 0.05) is 24.7 Å². The van der Waals surface area contributed by atoms with Crippen molar-refractivity contribution in [1.29, 1.82) is 0 Å². The summed E-state index contributed by atoms with van der Waals surface area (Å²) < 4.78 is 1.04. The molecule has 0 heterocycles. The molecule has 0 saturated heterocycles. The second-order valence-corrected chi connectivity index (χ2v) is 4.82. The van der Waals surface area contributed by atoms with Crippen molar-refractivity contribution in [3.8, 4) is 0 Å². The number of nitrogens with zero attached hydrogens (tertiary/aromatic N) is 1. The summed E-state index contributed by atoms with van der Waals surface area (Å²) in [7, 11) is 2.04. The molecule has 0 spiro atoms. The number of aliphatic hydroxyl groups is 1. The van der Waals surface area contributed by atoms with Gasteiger partial charge in [0.15, 0.2) is 0 Å². The summed E-state index contributed by atoms with van der Waals surface area (Å²) in [5.41, 5.74) is 7.77. The lowest BCUT2D eigenvalue weighted by molar-refractivity contribution is 0.283. The fourth-order valence-electron chi connectivity index (χ4n) is 1.61. The largest absolute Gasteiger partial charge is 0.397 e. The average molecular weight is 287 g/mol. The van der Waals surface area contributed by atoms with E-state index < -0.39 is 0 Å². The lowest BCUT2D eigenvalue weighted by Gasteiger charge is -2.21. The van der Waals surface area contributed by atoms with Crippen LogP contribution in [0.3, 0.4) is 0 Å². The zero-order valence-electron chi connectivity index (χ0n) is 9.62. The van der Waals surface area contributed by atoms with E-state index in [9.17, 15) is 0 Å². The van der Waals surface area contributed by atoms with Gasteiger partial charge in [0.1, 0.15) is 0 Å². The highest BCUT2D eigenvalue weighted by molar-refractivity contribution is 9.10. The van der Waals surface area contributed by atoms with Gasteiger partial charge in [-0.05, 0) is 37.5 Å². The molecule has 1 aromatic carbocycles. The Kier molecular flexibility index (Phi) is 5.63. The van der Waals surface area contributed by atoms with Crippen molar-refractivity contribution >= 4 is 27.3 Å². The van der Waals surface area contributed by atoms with Crippen molar-refractivity contribution in [3.63, 3.8) is 0 Å². The molecule has 0 radical (unpaired) electrons. The predicted molar refractivity (Wildman–Crippen MR) is 72.8 cm³/mol. The van der Waals surface area contributed by atoms with E-state index >= 15 is 0 Å². The topological polar surface area (TPSA) is 49.5 Å². The van der Waals surface area contributed by atoms with Gasteiger partial charge in [-0.15, -0.1) is 0 Å². The number of anilines is 2. The lowest BCUT2D eigenvalue weighted by atomic mass is 10.2. The Morgan fingerprint density at radius 2 is 2.06 bits per heavy atom. The third-order valence-corrected chi connectivity index (χ3v) is 3.05. The standard InChI is InChI=1S/C12H19BrN2O/c1-15(7-3-2-4-8-16)12-9-10(13)5-6-11(12)14/h5-6,9,16H,2-4,7-8,14H2,1H3. The molecular formula is C12H19BrN2O. The van der Waals surface area contributed by atoms with E-state index in [4.69, 9.17) is 10.8 Å². The molecular weight excluding hydrogens is 268 g/mol. The van der Waals surface area contributed by atoms with Crippen LogP contribution in [0, 0.1) is 0 Å². The van der Waals surface area contributed by atoms with Crippen molar-refractivity contribution in [2.24, 2.45) is 0 Å². The van der Waals surface area contributed by atoms with Crippen LogP contribution in [0.2, 0.25) is 0 Å². The molecule has 1 aromatic rings. The van der Waals surface area contributed by atoms with Crippen molar-refractivity contribution in [1.82, 2.24) is 0 Å². The molecule has 0 atom stereocenters. The quantitative estimate of drug-likeness (QED) is 0.624. The molecule has 0 fully saturated rings. The number of halogens is 1. The Labute approximate surface area is 105 Å². The molecule has 3 N–H and O–H groups in total. The highest BCUT2D eigenvalue weighted by Gasteiger charge is 2.05. The second-order valence-electron chi connectivity index (χ2n) is 3.91. The lowest BCUT2D eigenvalue weighted by Crippen LogP contribution is -2.19. The van der Waals surface area contributed by atoms with Crippen molar-refractivity contribution in [2.75, 3.05) is 30.8 Å². The van der Waals surface area contributed by atoms with Crippen LogP contribution < -0.4 is 10.6 Å². The molecule has 1 rings (SSSR count). The Bertz CT molecular complexity index is 331. The summed E-state index contributed by atoms with van der Waals surface area (Å²) in [6, 6.07) is 5.88. The molecule has 0 saturated carbocycles. The van der Waals surface area contributed by atoms with Crippen LogP contribution in [0.1, 0.15) is 19.3 Å². The van der Waals surface area contributed by atoms with E-state index in [-0.39, 0.29) is 6.61 Å². The van der Waals surface area contributed by atoms with Crippen molar-refractivity contribution in [3.05, 3.63) is 22.7 Å². The maximum atomic E-state index is 8.69. The van der Waals surface area contributed by atoms with Gasteiger partial charge in [0.25, 0.3) is 0 Å². The number of aliphatic hydroxyl groups excluding tert-OH is 1. The van der Waals surface area contributed by atoms with E-state index in [0.717, 1.165) is 41.7 Å². The fraction of sp³-hybridized carbons (Fsp3) is 0.500. The first-order chi connectivity index (χ1) is 7.65. The Balaban J connectivity index is 2.51. The summed E-state index contributed by atoms with van der Waals surface area (Å²) in [6.07, 6.45) is 3.00. The van der Waals surface area contributed by atoms with Gasteiger partial charge < -0.3 is 15.7 Å². The van der Waals surface area contributed by atoms with Crippen molar-refractivity contribution in [2.45, 2.75) is 19.3 Å². The summed E-state index contributed by atoms with van der Waals surface area (Å²) in [5, 5.41) is 8.69. The van der Waals surface area contributed by atoms with Crippen LogP contribution in [-0.4, -0.2) is 25.3 Å². The Hall–Kier alpha value is -0.740. The summed E-state index contributed by atoms with van der Waals surface area (Å²) in [5.74, 6) is 0. The first-order valence-electron chi connectivity index (χ1n) is 5.52. The van der Waals surface area contributed by atoms with Gasteiger partial charge in [-0.1, -0.05) is 15.9 Å². The highest BCUT2D eigenvalue weighted by atomic mass is 79.9. The maximum absolute atomic E-state index is 8.69. The molecule has 90 valence electrons. The average Bonchev–Trinajstić information content (AvgIpc) is 2.27. The molecule has 16 heavy (non-hydrogen) atoms. The van der Waals surface area contributed by atoms with E-state index in [2.05, 4.69) is 20.8 Å². The molecule has 3 nitrogen and oxygen atoms in total. The van der Waals surface area contributed by atoms with Crippen LogP contribution in [0.25, 0.3) is 0 Å². The third kappa shape index (κ3) is 4.02. The second kappa shape index (κ2) is 6.76. The molecule has 0 aliphatic carbocycles. The van der Waals surface area contributed by atoms with Crippen LogP contribution >= 0.6 is 15.9 Å². The van der Waals surface area contributed by atoms with Gasteiger partial charge in [-0.2, -0.15) is 0 Å². The number of rotatable bonds is 6. The number of unbranched alkanes of at least 4 members (excludes halogenated alkanes) is 2. The number of hydrogen-bond donors (Lipinski definition) is 2. The van der Waals surface area contributed by atoms with E-state index in [1.807, 2.05) is 25.2 Å². The molecule has 4 heteroatoms. The zero-order chi connectivity index (χ0) is 12.0. The number of hydrogen-bond acceptors (Lipinski definition) is 3. The van der Waals surface area contributed by atoms with Crippen LogP contribution in [0.15, 0.2) is 22.7 Å². The molecule has 0 bridgehead atoms.